The van der Waals surface area contributed by atoms with Crippen LogP contribution in [0.1, 0.15) is 19.8 Å². The van der Waals surface area contributed by atoms with Crippen molar-refractivity contribution in [3.63, 3.8) is 0 Å². The second kappa shape index (κ2) is 7.41. The van der Waals surface area contributed by atoms with E-state index in [-0.39, 0.29) is 6.42 Å². The number of carboxylic acids is 1. The second-order valence-corrected chi connectivity index (χ2v) is 7.28. The van der Waals surface area contributed by atoms with Crippen molar-refractivity contribution >= 4 is 20.5 Å². The molecule has 0 saturated carbocycles. The Bertz CT molecular complexity index is 264. The molecule has 0 aromatic rings. The molecule has 17 heavy (non-hydrogen) atoms. The van der Waals surface area contributed by atoms with Crippen LogP contribution in [0.5, 0.6) is 0 Å². The van der Waals surface area contributed by atoms with Gasteiger partial charge in [0.2, 0.25) is 0 Å². The Kier molecular flexibility index (Phi) is 7.01. The van der Waals surface area contributed by atoms with E-state index in [9.17, 15) is 9.59 Å². The Balaban J connectivity index is 4.64. The van der Waals surface area contributed by atoms with E-state index >= 15 is 0 Å². The van der Waals surface area contributed by atoms with Gasteiger partial charge in [-0.1, -0.05) is 6.92 Å². The van der Waals surface area contributed by atoms with E-state index in [1.165, 1.54) is 14.2 Å². The maximum atomic E-state index is 11.4. The van der Waals surface area contributed by atoms with Crippen LogP contribution in [0.15, 0.2) is 0 Å². The summed E-state index contributed by atoms with van der Waals surface area (Å²) in [5, 5.41) is 9.11. The normalized spacial score (nSPS) is 13.2. The van der Waals surface area contributed by atoms with E-state index < -0.39 is 26.0 Å². The zero-order valence-corrected chi connectivity index (χ0v) is 11.7. The van der Waals surface area contributed by atoms with Crippen molar-refractivity contribution in [2.75, 3.05) is 20.8 Å². The molecule has 0 aliphatic rings. The molecule has 0 fully saturated rings. The standard InChI is InChI=1S/C10H20O6Si/c1-5-6-16-9(11)7-8(10(12)13)17(4,14-2)15-3/h8H,5-7H2,1-4H3,(H,12,13). The highest BCUT2D eigenvalue weighted by molar-refractivity contribution is 6.71. The number of carbonyl (C=O) groups is 2. The fraction of sp³-hybridized carbons (Fsp3) is 0.800. The van der Waals surface area contributed by atoms with E-state index in [0.717, 1.165) is 0 Å². The van der Waals surface area contributed by atoms with Gasteiger partial charge < -0.3 is 18.7 Å². The molecule has 1 atom stereocenters. The molecular weight excluding hydrogens is 244 g/mol. The molecular formula is C10H20O6Si. The summed E-state index contributed by atoms with van der Waals surface area (Å²) in [6.45, 7) is 3.77. The monoisotopic (exact) mass is 264 g/mol. The maximum Gasteiger partial charge on any atom is 0.349 e. The lowest BCUT2D eigenvalue weighted by atomic mass is 10.3. The van der Waals surface area contributed by atoms with E-state index in [4.69, 9.17) is 18.7 Å². The van der Waals surface area contributed by atoms with Gasteiger partial charge in [0, 0.05) is 14.2 Å². The first-order chi connectivity index (χ1) is 7.91. The summed E-state index contributed by atoms with van der Waals surface area (Å²) in [4.78, 5) is 22.6. The number of hydrogen-bond acceptors (Lipinski definition) is 5. The average Bonchev–Trinajstić information content (AvgIpc) is 2.32. The van der Waals surface area contributed by atoms with E-state index in [0.29, 0.717) is 13.0 Å². The van der Waals surface area contributed by atoms with Crippen LogP contribution in [0.4, 0.5) is 0 Å². The molecule has 100 valence electrons. The highest BCUT2D eigenvalue weighted by Crippen LogP contribution is 2.27. The smallest absolute Gasteiger partial charge is 0.349 e. The largest absolute Gasteiger partial charge is 0.481 e. The van der Waals surface area contributed by atoms with Gasteiger partial charge in [0.25, 0.3) is 0 Å². The Morgan fingerprint density at radius 2 is 1.82 bits per heavy atom. The van der Waals surface area contributed by atoms with Crippen molar-refractivity contribution < 1.29 is 28.3 Å². The average molecular weight is 264 g/mol. The minimum atomic E-state index is -2.89. The molecule has 6 nitrogen and oxygen atoms in total. The quantitative estimate of drug-likeness (QED) is 0.523. The molecule has 1 N–H and O–H groups in total. The lowest BCUT2D eigenvalue weighted by molar-refractivity contribution is -0.148. The van der Waals surface area contributed by atoms with Gasteiger partial charge in [-0.25, -0.2) is 0 Å². The van der Waals surface area contributed by atoms with Crippen molar-refractivity contribution in [1.29, 1.82) is 0 Å². The predicted molar refractivity (Wildman–Crippen MR) is 62.9 cm³/mol. The van der Waals surface area contributed by atoms with Gasteiger partial charge in [-0.05, 0) is 13.0 Å². The molecule has 0 bridgehead atoms. The Hall–Kier alpha value is -0.923. The first-order valence-electron chi connectivity index (χ1n) is 5.40. The number of esters is 1. The first kappa shape index (κ1) is 16.1. The molecule has 0 spiro atoms. The summed E-state index contributed by atoms with van der Waals surface area (Å²) >= 11 is 0. The van der Waals surface area contributed by atoms with Crippen LogP contribution in [0.25, 0.3) is 0 Å². The number of aliphatic carboxylic acids is 1. The predicted octanol–water partition coefficient (Wildman–Crippen LogP) is 1.15. The molecule has 0 aliphatic heterocycles. The second-order valence-electron chi connectivity index (χ2n) is 3.74. The number of carboxylic acid groups (broad SMARTS) is 1. The maximum absolute atomic E-state index is 11.4. The third-order valence-electron chi connectivity index (χ3n) is 2.58. The SMILES string of the molecule is CCCOC(=O)CC(C(=O)O)[Si](C)(OC)OC. The van der Waals surface area contributed by atoms with Crippen molar-refractivity contribution in [2.24, 2.45) is 0 Å². The number of ether oxygens (including phenoxy) is 1. The Labute approximate surface area is 102 Å². The fourth-order valence-electron chi connectivity index (χ4n) is 1.31. The van der Waals surface area contributed by atoms with Crippen LogP contribution >= 0.6 is 0 Å². The highest BCUT2D eigenvalue weighted by Gasteiger charge is 2.46. The first-order valence-corrected chi connectivity index (χ1v) is 7.79. The summed E-state index contributed by atoms with van der Waals surface area (Å²) in [5.41, 5.74) is -0.971. The van der Waals surface area contributed by atoms with E-state index in [1.807, 2.05) is 6.92 Å². The molecule has 0 rings (SSSR count). The highest BCUT2D eigenvalue weighted by atomic mass is 28.4. The zero-order chi connectivity index (χ0) is 13.5. The summed E-state index contributed by atoms with van der Waals surface area (Å²) in [6, 6.07) is 0. The van der Waals surface area contributed by atoms with Crippen molar-refractivity contribution in [2.45, 2.75) is 31.9 Å². The van der Waals surface area contributed by atoms with Crippen molar-refractivity contribution in [3.05, 3.63) is 0 Å². The van der Waals surface area contributed by atoms with Gasteiger partial charge >= 0.3 is 20.5 Å². The summed E-state index contributed by atoms with van der Waals surface area (Å²) in [6.07, 6.45) is 0.479. The topological polar surface area (TPSA) is 82.1 Å². The molecule has 0 aromatic carbocycles. The number of hydrogen-bond donors (Lipinski definition) is 1. The molecule has 0 aliphatic carbocycles. The van der Waals surface area contributed by atoms with Crippen LogP contribution in [-0.4, -0.2) is 46.4 Å². The number of carbonyl (C=O) groups excluding carboxylic acids is 1. The molecule has 1 unspecified atom stereocenters. The van der Waals surface area contributed by atoms with Gasteiger partial charge in [-0.15, -0.1) is 0 Å². The minimum absolute atomic E-state index is 0.222. The van der Waals surface area contributed by atoms with Gasteiger partial charge in [0.1, 0.15) is 5.54 Å². The van der Waals surface area contributed by atoms with Crippen molar-refractivity contribution in [1.82, 2.24) is 0 Å². The summed E-state index contributed by atoms with van der Waals surface area (Å²) in [7, 11) is -0.108. The van der Waals surface area contributed by atoms with Gasteiger partial charge in [-0.3, -0.25) is 9.59 Å². The Morgan fingerprint density at radius 1 is 1.29 bits per heavy atom. The molecule has 0 amide bonds. The molecule has 0 radical (unpaired) electrons. The summed E-state index contributed by atoms with van der Waals surface area (Å²) in [5.74, 6) is -1.64. The van der Waals surface area contributed by atoms with Gasteiger partial charge in [0.15, 0.2) is 0 Å². The third kappa shape index (κ3) is 4.84. The van der Waals surface area contributed by atoms with Crippen LogP contribution in [-0.2, 0) is 23.2 Å². The Morgan fingerprint density at radius 3 is 2.18 bits per heavy atom. The zero-order valence-electron chi connectivity index (χ0n) is 10.7. The van der Waals surface area contributed by atoms with Crippen LogP contribution in [0.3, 0.4) is 0 Å². The van der Waals surface area contributed by atoms with Gasteiger partial charge in [-0.2, -0.15) is 0 Å². The summed E-state index contributed by atoms with van der Waals surface area (Å²) < 4.78 is 15.2. The minimum Gasteiger partial charge on any atom is -0.481 e. The van der Waals surface area contributed by atoms with Crippen LogP contribution < -0.4 is 0 Å². The van der Waals surface area contributed by atoms with Gasteiger partial charge in [0.05, 0.1) is 13.0 Å². The van der Waals surface area contributed by atoms with Crippen LogP contribution in [0.2, 0.25) is 12.1 Å². The van der Waals surface area contributed by atoms with Crippen LogP contribution in [0, 0.1) is 0 Å². The number of rotatable bonds is 8. The fourth-order valence-corrected chi connectivity index (χ4v) is 3.03. The van der Waals surface area contributed by atoms with Crippen molar-refractivity contribution in [3.8, 4) is 0 Å². The molecule has 0 aromatic heterocycles. The lowest BCUT2D eigenvalue weighted by Gasteiger charge is -2.28. The van der Waals surface area contributed by atoms with E-state index in [2.05, 4.69) is 0 Å². The molecule has 7 heteroatoms. The molecule has 0 saturated heterocycles. The third-order valence-corrected chi connectivity index (χ3v) is 5.92. The molecule has 0 heterocycles. The lowest BCUT2D eigenvalue weighted by Crippen LogP contribution is -2.46. The van der Waals surface area contributed by atoms with E-state index in [1.54, 1.807) is 6.55 Å².